The number of pyridine rings is 1. The molecule has 1 aliphatic heterocycles. The minimum Gasteiger partial charge on any atom is -0.360 e. The predicted octanol–water partition coefficient (Wildman–Crippen LogP) is 4.92. The number of para-hydroxylation sites is 1. The van der Waals surface area contributed by atoms with Gasteiger partial charge in [0.1, 0.15) is 12.0 Å². The summed E-state index contributed by atoms with van der Waals surface area (Å²) in [6, 6.07) is 19.4. The fourth-order valence-electron chi connectivity index (χ4n) is 3.02. The van der Waals surface area contributed by atoms with Crippen molar-refractivity contribution in [3.05, 3.63) is 88.0 Å². The monoisotopic (exact) mass is 393 g/mol. The second kappa shape index (κ2) is 6.33. The Hall–Kier alpha value is -2.66. The van der Waals surface area contributed by atoms with E-state index >= 15 is 0 Å². The third-order valence-corrected chi connectivity index (χ3v) is 4.96. The zero-order chi connectivity index (χ0) is 17.4. The number of amides is 1. The van der Waals surface area contributed by atoms with Crippen LogP contribution in [0.4, 0.5) is 11.5 Å². The van der Waals surface area contributed by atoms with E-state index in [2.05, 4.69) is 26.2 Å². The Labute approximate surface area is 154 Å². The Kier molecular flexibility index (Phi) is 4.01. The summed E-state index contributed by atoms with van der Waals surface area (Å²) in [4.78, 5) is 19.2. The number of fused-ring (bicyclic) bond motifs is 1. The lowest BCUT2D eigenvalue weighted by molar-refractivity contribution is 0.0992. The predicted molar refractivity (Wildman–Crippen MR) is 103 cm³/mol. The summed E-state index contributed by atoms with van der Waals surface area (Å²) < 4.78 is 0.948. The van der Waals surface area contributed by atoms with Crippen molar-refractivity contribution in [2.24, 2.45) is 0 Å². The Morgan fingerprint density at radius 3 is 2.56 bits per heavy atom. The largest absolute Gasteiger partial charge is 0.360 e. The SMILES string of the molecule is Cc1ccc(N2C(=O)c3ccccc3[C@H]2Nc2ccccc2Br)nc1. The van der Waals surface area contributed by atoms with E-state index in [1.54, 1.807) is 11.1 Å². The van der Waals surface area contributed by atoms with Gasteiger partial charge in [0, 0.05) is 21.8 Å². The van der Waals surface area contributed by atoms with Crippen LogP contribution < -0.4 is 10.2 Å². The van der Waals surface area contributed by atoms with Gasteiger partial charge >= 0.3 is 0 Å². The van der Waals surface area contributed by atoms with Crippen LogP contribution >= 0.6 is 15.9 Å². The summed E-state index contributed by atoms with van der Waals surface area (Å²) in [6.07, 6.45) is 1.47. The average molecular weight is 394 g/mol. The van der Waals surface area contributed by atoms with Crippen molar-refractivity contribution in [2.75, 3.05) is 10.2 Å². The Morgan fingerprint density at radius 1 is 1.04 bits per heavy atom. The molecule has 0 unspecified atom stereocenters. The summed E-state index contributed by atoms with van der Waals surface area (Å²) in [5, 5.41) is 3.48. The molecule has 0 spiro atoms. The highest BCUT2D eigenvalue weighted by Crippen LogP contribution is 2.38. The third-order valence-electron chi connectivity index (χ3n) is 4.27. The maximum atomic E-state index is 13.0. The topological polar surface area (TPSA) is 45.2 Å². The fraction of sp³-hybridized carbons (Fsp3) is 0.100. The lowest BCUT2D eigenvalue weighted by Crippen LogP contribution is -2.33. The number of hydrogen-bond donors (Lipinski definition) is 1. The number of rotatable bonds is 3. The quantitative estimate of drug-likeness (QED) is 0.686. The molecule has 3 aromatic rings. The van der Waals surface area contributed by atoms with Crippen molar-refractivity contribution >= 4 is 33.3 Å². The molecule has 0 saturated heterocycles. The second-order valence-electron chi connectivity index (χ2n) is 5.98. The van der Waals surface area contributed by atoms with Gasteiger partial charge in [0.05, 0.1) is 5.69 Å². The number of nitrogens with one attached hydrogen (secondary N) is 1. The van der Waals surface area contributed by atoms with E-state index in [4.69, 9.17) is 0 Å². The third kappa shape index (κ3) is 2.81. The van der Waals surface area contributed by atoms with Crippen LogP contribution in [0.2, 0.25) is 0 Å². The Morgan fingerprint density at radius 2 is 1.80 bits per heavy atom. The number of anilines is 2. The molecule has 0 radical (unpaired) electrons. The highest BCUT2D eigenvalue weighted by molar-refractivity contribution is 9.10. The first-order valence-electron chi connectivity index (χ1n) is 8.01. The average Bonchev–Trinajstić information content (AvgIpc) is 2.90. The number of hydrogen-bond acceptors (Lipinski definition) is 3. The van der Waals surface area contributed by atoms with Crippen LogP contribution in [-0.2, 0) is 0 Å². The standard InChI is InChI=1S/C20H16BrN3O/c1-13-10-11-18(22-12-13)24-19(23-17-9-5-4-8-16(17)21)14-6-2-3-7-15(14)20(24)25/h2-12,19,23H,1H3/t19-/m0/s1. The van der Waals surface area contributed by atoms with Crippen LogP contribution in [0.15, 0.2) is 71.3 Å². The van der Waals surface area contributed by atoms with E-state index < -0.39 is 0 Å². The van der Waals surface area contributed by atoms with Gasteiger partial charge in [0.25, 0.3) is 5.91 Å². The number of nitrogens with zero attached hydrogens (tertiary/aromatic N) is 2. The summed E-state index contributed by atoms with van der Waals surface area (Å²) in [6.45, 7) is 1.98. The molecule has 5 heteroatoms. The van der Waals surface area contributed by atoms with Crippen molar-refractivity contribution in [3.8, 4) is 0 Å². The molecule has 1 aliphatic rings. The molecule has 1 aromatic heterocycles. The van der Waals surface area contributed by atoms with E-state index in [9.17, 15) is 4.79 Å². The van der Waals surface area contributed by atoms with Crippen LogP contribution in [0.25, 0.3) is 0 Å². The smallest absolute Gasteiger partial charge is 0.261 e. The van der Waals surface area contributed by atoms with E-state index in [1.165, 1.54) is 0 Å². The number of aromatic nitrogens is 1. The van der Waals surface area contributed by atoms with Crippen molar-refractivity contribution in [3.63, 3.8) is 0 Å². The first-order chi connectivity index (χ1) is 12.1. The molecule has 2 heterocycles. The van der Waals surface area contributed by atoms with Gasteiger partial charge in [0.2, 0.25) is 0 Å². The van der Waals surface area contributed by atoms with Gasteiger partial charge in [-0.15, -0.1) is 0 Å². The highest BCUT2D eigenvalue weighted by Gasteiger charge is 2.38. The second-order valence-corrected chi connectivity index (χ2v) is 6.84. The maximum Gasteiger partial charge on any atom is 0.261 e. The molecule has 1 N–H and O–H groups in total. The molecule has 25 heavy (non-hydrogen) atoms. The van der Waals surface area contributed by atoms with E-state index in [1.807, 2.05) is 67.6 Å². The molecule has 0 saturated carbocycles. The van der Waals surface area contributed by atoms with Crippen LogP contribution in [-0.4, -0.2) is 10.9 Å². The van der Waals surface area contributed by atoms with Crippen molar-refractivity contribution in [2.45, 2.75) is 13.1 Å². The molecule has 1 amide bonds. The number of carbonyl (C=O) groups is 1. The van der Waals surface area contributed by atoms with Gasteiger partial charge in [-0.2, -0.15) is 0 Å². The molecule has 124 valence electrons. The number of halogens is 1. The molecule has 0 fully saturated rings. The Balaban J connectivity index is 1.80. The van der Waals surface area contributed by atoms with E-state index in [0.717, 1.165) is 21.3 Å². The van der Waals surface area contributed by atoms with Crippen molar-refractivity contribution in [1.29, 1.82) is 0 Å². The van der Waals surface area contributed by atoms with E-state index in [0.29, 0.717) is 11.4 Å². The van der Waals surface area contributed by atoms with Crippen molar-refractivity contribution in [1.82, 2.24) is 4.98 Å². The molecule has 4 rings (SSSR count). The van der Waals surface area contributed by atoms with Gasteiger partial charge in [-0.25, -0.2) is 4.98 Å². The lowest BCUT2D eigenvalue weighted by Gasteiger charge is -2.26. The number of aryl methyl sites for hydroxylation is 1. The van der Waals surface area contributed by atoms with Gasteiger partial charge in [-0.1, -0.05) is 36.4 Å². The first kappa shape index (κ1) is 15.8. The summed E-state index contributed by atoms with van der Waals surface area (Å²) in [5.41, 5.74) is 3.64. The highest BCUT2D eigenvalue weighted by atomic mass is 79.9. The zero-order valence-corrected chi connectivity index (χ0v) is 15.2. The van der Waals surface area contributed by atoms with Crippen LogP contribution in [0.3, 0.4) is 0 Å². The summed E-state index contributed by atoms with van der Waals surface area (Å²) in [7, 11) is 0. The summed E-state index contributed by atoms with van der Waals surface area (Å²) in [5.74, 6) is 0.591. The normalized spacial score (nSPS) is 16.0. The van der Waals surface area contributed by atoms with Crippen molar-refractivity contribution < 1.29 is 4.79 Å². The molecule has 2 aromatic carbocycles. The fourth-order valence-corrected chi connectivity index (χ4v) is 3.42. The first-order valence-corrected chi connectivity index (χ1v) is 8.80. The molecule has 1 atom stereocenters. The van der Waals surface area contributed by atoms with Crippen LogP contribution in [0.1, 0.15) is 27.7 Å². The maximum absolute atomic E-state index is 13.0. The molecule has 0 bridgehead atoms. The lowest BCUT2D eigenvalue weighted by atomic mass is 10.1. The van der Waals surface area contributed by atoms with Crippen LogP contribution in [0, 0.1) is 6.92 Å². The molecular formula is C20H16BrN3O. The van der Waals surface area contributed by atoms with Gasteiger partial charge in [-0.05, 0) is 52.7 Å². The van der Waals surface area contributed by atoms with E-state index in [-0.39, 0.29) is 12.1 Å². The number of carbonyl (C=O) groups excluding carboxylic acids is 1. The van der Waals surface area contributed by atoms with Gasteiger partial charge in [0.15, 0.2) is 0 Å². The molecular weight excluding hydrogens is 378 g/mol. The zero-order valence-electron chi connectivity index (χ0n) is 13.6. The minimum absolute atomic E-state index is 0.0449. The van der Waals surface area contributed by atoms with Crippen LogP contribution in [0.5, 0.6) is 0 Å². The summed E-state index contributed by atoms with van der Waals surface area (Å²) >= 11 is 3.56. The van der Waals surface area contributed by atoms with Gasteiger partial charge < -0.3 is 5.32 Å². The minimum atomic E-state index is -0.308. The van der Waals surface area contributed by atoms with Gasteiger partial charge in [-0.3, -0.25) is 9.69 Å². The Bertz CT molecular complexity index is 940. The molecule has 4 nitrogen and oxygen atoms in total. The molecule has 0 aliphatic carbocycles. The number of benzene rings is 2.